The van der Waals surface area contributed by atoms with E-state index in [0.29, 0.717) is 0 Å². The summed E-state index contributed by atoms with van der Waals surface area (Å²) in [5, 5.41) is 19.4. The summed E-state index contributed by atoms with van der Waals surface area (Å²) < 4.78 is 0. The number of hydrogen-bond donors (Lipinski definition) is 0. The van der Waals surface area contributed by atoms with Gasteiger partial charge in [0.15, 0.2) is 0 Å². The lowest BCUT2D eigenvalue weighted by Gasteiger charge is -2.00. The summed E-state index contributed by atoms with van der Waals surface area (Å²) >= 11 is 0. The molecular formula is C21H22N4. The lowest BCUT2D eigenvalue weighted by Crippen LogP contribution is -1.78. The van der Waals surface area contributed by atoms with Gasteiger partial charge >= 0.3 is 0 Å². The number of fused-ring (bicyclic) bond motifs is 1. The van der Waals surface area contributed by atoms with E-state index in [-0.39, 0.29) is 0 Å². The highest BCUT2D eigenvalue weighted by atomic mass is 15.1. The van der Waals surface area contributed by atoms with Crippen LogP contribution in [-0.4, -0.2) is 6.54 Å². The summed E-state index contributed by atoms with van der Waals surface area (Å²) in [5.74, 6) is 0. The van der Waals surface area contributed by atoms with Gasteiger partial charge in [-0.3, -0.25) is 0 Å². The zero-order valence-electron chi connectivity index (χ0n) is 14.5. The predicted molar refractivity (Wildman–Crippen MR) is 103 cm³/mol. The van der Waals surface area contributed by atoms with Crippen molar-refractivity contribution in [2.24, 2.45) is 20.5 Å². The van der Waals surface area contributed by atoms with Crippen molar-refractivity contribution in [3.05, 3.63) is 66.7 Å². The van der Waals surface area contributed by atoms with Gasteiger partial charge in [-0.1, -0.05) is 56.2 Å². The summed E-state index contributed by atoms with van der Waals surface area (Å²) in [6, 6.07) is 21.9. The fourth-order valence-corrected chi connectivity index (χ4v) is 2.56. The minimum atomic E-state index is 0.788. The smallest absolute Gasteiger partial charge is 0.0935 e. The second-order valence-electron chi connectivity index (χ2n) is 5.89. The highest BCUT2D eigenvalue weighted by molar-refractivity contribution is 5.92. The van der Waals surface area contributed by atoms with Crippen LogP contribution in [0.1, 0.15) is 26.2 Å². The lowest BCUT2D eigenvalue weighted by atomic mass is 10.1. The van der Waals surface area contributed by atoms with Crippen LogP contribution in [0.25, 0.3) is 10.8 Å². The van der Waals surface area contributed by atoms with Gasteiger partial charge in [0, 0.05) is 5.39 Å². The molecule has 0 aliphatic heterocycles. The Morgan fingerprint density at radius 1 is 0.680 bits per heavy atom. The standard InChI is InChI=1S/C21H22N4/c1-2-3-6-16-22-23-18-12-14-19(15-13-18)24-25-21-11-7-9-17-8-4-5-10-20(17)21/h4-5,7-15H,2-3,6,16H2,1H3/b23-22+,25-24+. The maximum absolute atomic E-state index is 4.40. The first kappa shape index (κ1) is 17.0. The van der Waals surface area contributed by atoms with Crippen LogP contribution in [0.3, 0.4) is 0 Å². The summed E-state index contributed by atoms with van der Waals surface area (Å²) in [6.45, 7) is 2.97. The van der Waals surface area contributed by atoms with Gasteiger partial charge in [0.25, 0.3) is 0 Å². The van der Waals surface area contributed by atoms with Crippen LogP contribution in [0.2, 0.25) is 0 Å². The molecule has 0 unspecified atom stereocenters. The van der Waals surface area contributed by atoms with Crippen molar-refractivity contribution in [2.45, 2.75) is 26.2 Å². The van der Waals surface area contributed by atoms with Crippen molar-refractivity contribution < 1.29 is 0 Å². The molecule has 3 aromatic rings. The van der Waals surface area contributed by atoms with Crippen LogP contribution < -0.4 is 0 Å². The van der Waals surface area contributed by atoms with Crippen molar-refractivity contribution in [2.75, 3.05) is 6.54 Å². The molecule has 0 atom stereocenters. The first-order valence-corrected chi connectivity index (χ1v) is 8.74. The average molecular weight is 330 g/mol. The Morgan fingerprint density at radius 3 is 2.20 bits per heavy atom. The van der Waals surface area contributed by atoms with E-state index in [1.165, 1.54) is 12.8 Å². The maximum Gasteiger partial charge on any atom is 0.0935 e. The lowest BCUT2D eigenvalue weighted by molar-refractivity contribution is 0.713. The third kappa shape index (κ3) is 4.80. The number of nitrogens with zero attached hydrogens (tertiary/aromatic N) is 4. The van der Waals surface area contributed by atoms with Gasteiger partial charge in [0.1, 0.15) is 0 Å². The van der Waals surface area contributed by atoms with Crippen molar-refractivity contribution in [1.82, 2.24) is 0 Å². The molecule has 0 N–H and O–H groups in total. The van der Waals surface area contributed by atoms with E-state index in [1.54, 1.807) is 0 Å². The van der Waals surface area contributed by atoms with Crippen molar-refractivity contribution in [3.63, 3.8) is 0 Å². The van der Waals surface area contributed by atoms with E-state index in [9.17, 15) is 0 Å². The second-order valence-corrected chi connectivity index (χ2v) is 5.89. The molecular weight excluding hydrogens is 308 g/mol. The maximum atomic E-state index is 4.40. The average Bonchev–Trinajstić information content (AvgIpc) is 2.67. The van der Waals surface area contributed by atoms with E-state index in [1.807, 2.05) is 48.5 Å². The molecule has 0 aromatic heterocycles. The Hall–Kier alpha value is -2.88. The summed E-state index contributed by atoms with van der Waals surface area (Å²) in [6.07, 6.45) is 3.50. The Bertz CT molecular complexity index is 861. The van der Waals surface area contributed by atoms with Gasteiger partial charge in [0.2, 0.25) is 0 Å². The molecule has 0 amide bonds. The number of rotatable bonds is 7. The van der Waals surface area contributed by atoms with Gasteiger partial charge in [-0.15, -0.1) is 5.11 Å². The second kappa shape index (κ2) is 8.83. The van der Waals surface area contributed by atoms with Crippen LogP contribution in [-0.2, 0) is 0 Å². The topological polar surface area (TPSA) is 49.4 Å². The number of benzene rings is 3. The monoisotopic (exact) mass is 330 g/mol. The third-order valence-electron chi connectivity index (χ3n) is 3.94. The van der Waals surface area contributed by atoms with Crippen LogP contribution in [0.5, 0.6) is 0 Å². The molecule has 3 aromatic carbocycles. The van der Waals surface area contributed by atoms with E-state index >= 15 is 0 Å². The number of unbranched alkanes of at least 4 members (excludes halogenated alkanes) is 2. The van der Waals surface area contributed by atoms with E-state index in [0.717, 1.165) is 40.8 Å². The Labute approximate surface area is 148 Å². The van der Waals surface area contributed by atoms with E-state index < -0.39 is 0 Å². The van der Waals surface area contributed by atoms with Gasteiger partial charge in [0.05, 0.1) is 23.6 Å². The molecule has 0 saturated carbocycles. The summed E-state index contributed by atoms with van der Waals surface area (Å²) in [4.78, 5) is 0. The van der Waals surface area contributed by atoms with Gasteiger partial charge in [-0.2, -0.15) is 15.3 Å². The van der Waals surface area contributed by atoms with Crippen LogP contribution in [0, 0.1) is 0 Å². The summed E-state index contributed by atoms with van der Waals surface area (Å²) in [7, 11) is 0. The van der Waals surface area contributed by atoms with Crippen LogP contribution in [0.15, 0.2) is 87.2 Å². The highest BCUT2D eigenvalue weighted by Gasteiger charge is 1.98. The Balaban J connectivity index is 1.67. The first-order chi connectivity index (χ1) is 12.4. The van der Waals surface area contributed by atoms with Crippen molar-refractivity contribution >= 4 is 27.8 Å². The number of azo groups is 2. The van der Waals surface area contributed by atoms with Crippen LogP contribution >= 0.6 is 0 Å². The molecule has 25 heavy (non-hydrogen) atoms. The third-order valence-corrected chi connectivity index (χ3v) is 3.94. The van der Waals surface area contributed by atoms with E-state index in [4.69, 9.17) is 0 Å². The summed E-state index contributed by atoms with van der Waals surface area (Å²) in [5.41, 5.74) is 2.52. The molecule has 0 fully saturated rings. The molecule has 0 saturated heterocycles. The van der Waals surface area contributed by atoms with Gasteiger partial charge < -0.3 is 0 Å². The molecule has 0 aliphatic carbocycles. The molecule has 0 spiro atoms. The fourth-order valence-electron chi connectivity index (χ4n) is 2.56. The largest absolute Gasteiger partial charge is 0.189 e. The highest BCUT2D eigenvalue weighted by Crippen LogP contribution is 2.28. The molecule has 3 rings (SSSR count). The molecule has 0 bridgehead atoms. The van der Waals surface area contributed by atoms with Crippen molar-refractivity contribution in [1.29, 1.82) is 0 Å². The SMILES string of the molecule is CCCCC/N=N/c1ccc(/N=N/c2cccc3ccccc23)cc1. The fraction of sp³-hybridized carbons (Fsp3) is 0.238. The van der Waals surface area contributed by atoms with Crippen molar-refractivity contribution in [3.8, 4) is 0 Å². The quantitative estimate of drug-likeness (QED) is 0.317. The van der Waals surface area contributed by atoms with Gasteiger partial charge in [-0.05, 0) is 42.1 Å². The zero-order chi connectivity index (χ0) is 17.3. The number of hydrogen-bond acceptors (Lipinski definition) is 4. The Morgan fingerprint density at radius 2 is 1.40 bits per heavy atom. The minimum Gasteiger partial charge on any atom is -0.189 e. The molecule has 0 heterocycles. The zero-order valence-corrected chi connectivity index (χ0v) is 14.5. The minimum absolute atomic E-state index is 0.788. The molecule has 4 nitrogen and oxygen atoms in total. The predicted octanol–water partition coefficient (Wildman–Crippen LogP) is 7.53. The Kier molecular flexibility index (Phi) is 5.99. The van der Waals surface area contributed by atoms with E-state index in [2.05, 4.69) is 45.6 Å². The first-order valence-electron chi connectivity index (χ1n) is 8.74. The van der Waals surface area contributed by atoms with Gasteiger partial charge in [-0.25, -0.2) is 0 Å². The molecule has 126 valence electrons. The molecule has 0 radical (unpaired) electrons. The molecule has 4 heteroatoms. The molecule has 0 aliphatic rings. The normalized spacial score (nSPS) is 11.7. The van der Waals surface area contributed by atoms with Crippen LogP contribution in [0.4, 0.5) is 17.1 Å².